The van der Waals surface area contributed by atoms with Gasteiger partial charge in [0.05, 0.1) is 29.7 Å². The standard InChI is InChI=1S/C22H28F3N3O3/c1-14-10-15(2)28(27-14)18-8-7-17(20(11-18)22(23,24)25)12-26-21(29)16(3)31-13-19-6-4-5-9-30-19/h7-8,10-11,16,19H,4-6,9,12-13H2,1-3H3,(H,26,29). The Balaban J connectivity index is 1.66. The van der Waals surface area contributed by atoms with Gasteiger partial charge in [0.1, 0.15) is 6.10 Å². The Kier molecular flexibility index (Phi) is 7.38. The van der Waals surface area contributed by atoms with Gasteiger partial charge in [0.25, 0.3) is 0 Å². The van der Waals surface area contributed by atoms with Crippen LogP contribution in [0.3, 0.4) is 0 Å². The summed E-state index contributed by atoms with van der Waals surface area (Å²) in [7, 11) is 0. The van der Waals surface area contributed by atoms with Crippen LogP contribution in [0.15, 0.2) is 24.3 Å². The van der Waals surface area contributed by atoms with Crippen LogP contribution in [0.4, 0.5) is 13.2 Å². The summed E-state index contributed by atoms with van der Waals surface area (Å²) in [6.45, 7) is 5.86. The zero-order valence-corrected chi connectivity index (χ0v) is 18.0. The number of aromatic nitrogens is 2. The van der Waals surface area contributed by atoms with E-state index in [-0.39, 0.29) is 18.2 Å². The number of carbonyl (C=O) groups is 1. The first kappa shape index (κ1) is 23.3. The number of amides is 1. The van der Waals surface area contributed by atoms with Gasteiger partial charge < -0.3 is 14.8 Å². The van der Waals surface area contributed by atoms with Crippen LogP contribution >= 0.6 is 0 Å². The van der Waals surface area contributed by atoms with E-state index in [4.69, 9.17) is 9.47 Å². The molecule has 1 saturated heterocycles. The summed E-state index contributed by atoms with van der Waals surface area (Å²) in [5, 5.41) is 6.79. The highest BCUT2D eigenvalue weighted by molar-refractivity contribution is 5.80. The van der Waals surface area contributed by atoms with Gasteiger partial charge in [-0.05, 0) is 63.8 Å². The molecule has 0 radical (unpaired) electrons. The van der Waals surface area contributed by atoms with E-state index < -0.39 is 23.8 Å². The molecule has 0 saturated carbocycles. The Morgan fingerprint density at radius 3 is 2.71 bits per heavy atom. The van der Waals surface area contributed by atoms with Crippen molar-refractivity contribution in [2.75, 3.05) is 13.2 Å². The average Bonchev–Trinajstić information content (AvgIpc) is 3.08. The van der Waals surface area contributed by atoms with Crippen LogP contribution in [-0.2, 0) is 27.0 Å². The molecule has 1 aliphatic heterocycles. The Hall–Kier alpha value is -2.39. The third-order valence-corrected chi connectivity index (χ3v) is 5.28. The van der Waals surface area contributed by atoms with Crippen LogP contribution in [0.5, 0.6) is 0 Å². The van der Waals surface area contributed by atoms with Gasteiger partial charge in [-0.2, -0.15) is 18.3 Å². The van der Waals surface area contributed by atoms with E-state index >= 15 is 0 Å². The van der Waals surface area contributed by atoms with Crippen molar-refractivity contribution in [3.8, 4) is 5.69 Å². The predicted octanol–water partition coefficient (Wildman–Crippen LogP) is 4.10. The molecule has 1 aromatic heterocycles. The minimum Gasteiger partial charge on any atom is -0.376 e. The van der Waals surface area contributed by atoms with Crippen molar-refractivity contribution in [1.29, 1.82) is 0 Å². The van der Waals surface area contributed by atoms with Gasteiger partial charge in [-0.3, -0.25) is 4.79 Å². The van der Waals surface area contributed by atoms with E-state index in [2.05, 4.69) is 10.4 Å². The molecule has 0 spiro atoms. The second kappa shape index (κ2) is 9.82. The highest BCUT2D eigenvalue weighted by atomic mass is 19.4. The largest absolute Gasteiger partial charge is 0.416 e. The lowest BCUT2D eigenvalue weighted by Crippen LogP contribution is -2.37. The summed E-state index contributed by atoms with van der Waals surface area (Å²) >= 11 is 0. The van der Waals surface area contributed by atoms with Gasteiger partial charge in [-0.15, -0.1) is 0 Å². The third kappa shape index (κ3) is 6.07. The molecule has 31 heavy (non-hydrogen) atoms. The molecular weight excluding hydrogens is 411 g/mol. The molecule has 2 atom stereocenters. The molecular formula is C22H28F3N3O3. The molecule has 1 amide bonds. The van der Waals surface area contributed by atoms with Crippen LogP contribution in [0.1, 0.15) is 48.7 Å². The molecule has 3 rings (SSSR count). The molecule has 2 heterocycles. The normalized spacial score (nSPS) is 18.1. The van der Waals surface area contributed by atoms with E-state index in [1.54, 1.807) is 32.9 Å². The highest BCUT2D eigenvalue weighted by Crippen LogP contribution is 2.33. The number of benzene rings is 1. The summed E-state index contributed by atoms with van der Waals surface area (Å²) < 4.78 is 53.6. The SMILES string of the molecule is Cc1cc(C)n(-c2ccc(CNC(=O)C(C)OCC3CCCCO3)c(C(F)(F)F)c2)n1. The van der Waals surface area contributed by atoms with Crippen molar-refractivity contribution in [2.45, 2.75) is 65.0 Å². The minimum absolute atomic E-state index is 0.0195. The zero-order valence-electron chi connectivity index (χ0n) is 18.0. The minimum atomic E-state index is -4.56. The molecule has 0 bridgehead atoms. The summed E-state index contributed by atoms with van der Waals surface area (Å²) in [5.41, 5.74) is 0.947. The van der Waals surface area contributed by atoms with Crippen molar-refractivity contribution in [3.63, 3.8) is 0 Å². The Labute approximate surface area is 179 Å². The van der Waals surface area contributed by atoms with E-state index in [0.29, 0.717) is 18.9 Å². The van der Waals surface area contributed by atoms with Gasteiger partial charge >= 0.3 is 6.18 Å². The molecule has 2 aromatic rings. The predicted molar refractivity (Wildman–Crippen MR) is 109 cm³/mol. The number of aryl methyl sites for hydroxylation is 2. The smallest absolute Gasteiger partial charge is 0.376 e. The van der Waals surface area contributed by atoms with Crippen molar-refractivity contribution in [1.82, 2.24) is 15.1 Å². The molecule has 0 aliphatic carbocycles. The summed E-state index contributed by atoms with van der Waals surface area (Å²) in [6.07, 6.45) is -2.43. The number of rotatable bonds is 7. The van der Waals surface area contributed by atoms with Crippen LogP contribution in [0.2, 0.25) is 0 Å². The second-order valence-corrected chi connectivity index (χ2v) is 7.86. The maximum atomic E-state index is 13.7. The number of hydrogen-bond donors (Lipinski definition) is 1. The molecule has 1 aliphatic rings. The maximum absolute atomic E-state index is 13.7. The Bertz CT molecular complexity index is 905. The first-order valence-corrected chi connectivity index (χ1v) is 10.4. The van der Waals surface area contributed by atoms with E-state index in [1.165, 1.54) is 10.7 Å². The van der Waals surface area contributed by atoms with E-state index in [9.17, 15) is 18.0 Å². The first-order valence-electron chi connectivity index (χ1n) is 10.4. The van der Waals surface area contributed by atoms with Crippen LogP contribution < -0.4 is 5.32 Å². The lowest BCUT2D eigenvalue weighted by Gasteiger charge is -2.24. The lowest BCUT2D eigenvalue weighted by atomic mass is 10.1. The first-order chi connectivity index (χ1) is 14.6. The van der Waals surface area contributed by atoms with Crippen molar-refractivity contribution < 1.29 is 27.4 Å². The van der Waals surface area contributed by atoms with Crippen LogP contribution in [0, 0.1) is 13.8 Å². The molecule has 1 fully saturated rings. The van der Waals surface area contributed by atoms with Crippen molar-refractivity contribution in [3.05, 3.63) is 46.8 Å². The van der Waals surface area contributed by atoms with Crippen molar-refractivity contribution in [2.24, 2.45) is 0 Å². The van der Waals surface area contributed by atoms with Gasteiger partial charge in [0, 0.05) is 18.8 Å². The maximum Gasteiger partial charge on any atom is 0.416 e. The van der Waals surface area contributed by atoms with Gasteiger partial charge in [-0.25, -0.2) is 4.68 Å². The van der Waals surface area contributed by atoms with E-state index in [0.717, 1.165) is 36.7 Å². The summed E-state index contributed by atoms with van der Waals surface area (Å²) in [6, 6.07) is 5.79. The molecule has 6 nitrogen and oxygen atoms in total. The number of nitrogens with zero attached hydrogens (tertiary/aromatic N) is 2. The van der Waals surface area contributed by atoms with Crippen LogP contribution in [0.25, 0.3) is 5.69 Å². The zero-order chi connectivity index (χ0) is 22.6. The Morgan fingerprint density at radius 2 is 2.10 bits per heavy atom. The second-order valence-electron chi connectivity index (χ2n) is 7.86. The summed E-state index contributed by atoms with van der Waals surface area (Å²) in [4.78, 5) is 12.3. The molecule has 170 valence electrons. The van der Waals surface area contributed by atoms with Gasteiger partial charge in [0.15, 0.2) is 0 Å². The number of ether oxygens (including phenoxy) is 2. The quantitative estimate of drug-likeness (QED) is 0.706. The van der Waals surface area contributed by atoms with E-state index in [1.807, 2.05) is 0 Å². The monoisotopic (exact) mass is 439 g/mol. The Morgan fingerprint density at radius 1 is 1.32 bits per heavy atom. The lowest BCUT2D eigenvalue weighted by molar-refractivity contribution is -0.139. The summed E-state index contributed by atoms with van der Waals surface area (Å²) in [5.74, 6) is -0.466. The van der Waals surface area contributed by atoms with Gasteiger partial charge in [-0.1, -0.05) is 6.07 Å². The fourth-order valence-electron chi connectivity index (χ4n) is 3.60. The van der Waals surface area contributed by atoms with Crippen LogP contribution in [-0.4, -0.2) is 41.1 Å². The highest BCUT2D eigenvalue weighted by Gasteiger charge is 2.34. The molecule has 9 heteroatoms. The fourth-order valence-corrected chi connectivity index (χ4v) is 3.60. The fraction of sp³-hybridized carbons (Fsp3) is 0.545. The number of halogens is 3. The molecule has 1 N–H and O–H groups in total. The number of carbonyl (C=O) groups excluding carboxylic acids is 1. The third-order valence-electron chi connectivity index (χ3n) is 5.28. The van der Waals surface area contributed by atoms with Crippen molar-refractivity contribution >= 4 is 5.91 Å². The number of nitrogens with one attached hydrogen (secondary N) is 1. The number of hydrogen-bond acceptors (Lipinski definition) is 4. The molecule has 1 aromatic carbocycles. The average molecular weight is 439 g/mol. The van der Waals surface area contributed by atoms with Gasteiger partial charge in [0.2, 0.25) is 5.91 Å². The molecule has 2 unspecified atom stereocenters. The topological polar surface area (TPSA) is 65.4 Å². The number of alkyl halides is 3.